The van der Waals surface area contributed by atoms with Crippen LogP contribution in [0.4, 0.5) is 18.0 Å². The minimum Gasteiger partial charge on any atom is -0.447 e. The number of carbonyl (C=O) groups excluding carboxylic acids is 2. The molecule has 0 radical (unpaired) electrons. The van der Waals surface area contributed by atoms with Crippen LogP contribution in [-0.2, 0) is 9.53 Å². The molecule has 0 aromatic rings. The Bertz CT molecular complexity index is 844. The number of amides is 2. The zero-order valence-corrected chi connectivity index (χ0v) is 21.5. The van der Waals surface area contributed by atoms with Crippen molar-refractivity contribution in [1.29, 1.82) is 0 Å². The third-order valence-electron chi connectivity index (χ3n) is 8.92. The van der Waals surface area contributed by atoms with Gasteiger partial charge in [0.25, 0.3) is 0 Å². The molecule has 204 valence electrons. The van der Waals surface area contributed by atoms with Crippen molar-refractivity contribution in [3.63, 3.8) is 0 Å². The largest absolute Gasteiger partial charge is 0.447 e. The fourth-order valence-electron chi connectivity index (χ4n) is 7.12. The second-order valence-corrected chi connectivity index (χ2v) is 11.4. The van der Waals surface area contributed by atoms with Gasteiger partial charge in [-0.05, 0) is 51.0 Å². The number of ether oxygens (including phenoxy) is 1. The van der Waals surface area contributed by atoms with Crippen LogP contribution in [0.15, 0.2) is 0 Å². The van der Waals surface area contributed by atoms with Crippen molar-refractivity contribution >= 4 is 23.6 Å². The average molecular weight is 537 g/mol. The first-order chi connectivity index (χ1) is 17.1. The molecule has 0 aromatic carbocycles. The monoisotopic (exact) mass is 536 g/mol. The van der Waals surface area contributed by atoms with Crippen LogP contribution in [0, 0.1) is 5.92 Å². The van der Waals surface area contributed by atoms with Crippen LogP contribution in [0.2, 0.25) is 0 Å². The van der Waals surface area contributed by atoms with Gasteiger partial charge in [-0.15, -0.1) is 11.6 Å². The van der Waals surface area contributed by atoms with Crippen LogP contribution in [0.3, 0.4) is 0 Å². The van der Waals surface area contributed by atoms with Crippen molar-refractivity contribution in [2.24, 2.45) is 5.92 Å². The van der Waals surface area contributed by atoms with E-state index in [-0.39, 0.29) is 24.3 Å². The zero-order chi connectivity index (χ0) is 25.8. The van der Waals surface area contributed by atoms with Crippen LogP contribution >= 0.6 is 11.6 Å². The van der Waals surface area contributed by atoms with Crippen LogP contribution < -0.4 is 10.7 Å². The molecule has 0 spiro atoms. The number of nitrogens with one attached hydrogen (secondary N) is 2. The van der Waals surface area contributed by atoms with E-state index in [2.05, 4.69) is 20.7 Å². The number of carbonyl (C=O) groups is 2. The second kappa shape index (κ2) is 10.1. The Morgan fingerprint density at radius 2 is 1.92 bits per heavy atom. The van der Waals surface area contributed by atoms with E-state index >= 15 is 0 Å². The Hall–Kier alpha value is -1.34. The molecule has 6 atom stereocenters. The van der Waals surface area contributed by atoms with E-state index in [1.807, 2.05) is 0 Å². The third kappa shape index (κ3) is 4.79. The number of nitrogens with zero attached hydrogens (tertiary/aromatic N) is 4. The number of alkyl halides is 4. The van der Waals surface area contributed by atoms with Gasteiger partial charge < -0.3 is 9.64 Å². The third-order valence-corrected chi connectivity index (χ3v) is 9.20. The summed E-state index contributed by atoms with van der Waals surface area (Å²) in [7, 11) is 2.58. The number of piperidine rings is 1. The van der Waals surface area contributed by atoms with Crippen molar-refractivity contribution in [3.05, 3.63) is 0 Å². The lowest BCUT2D eigenvalue weighted by Crippen LogP contribution is -2.70. The fraction of sp³-hybridized carbons (Fsp3) is 0.913. The number of hydrogen-bond donors (Lipinski definition) is 2. The topological polar surface area (TPSA) is 80.4 Å². The first-order valence-electron chi connectivity index (χ1n) is 13.0. The number of hydrogen-bond acceptors (Lipinski definition) is 7. The van der Waals surface area contributed by atoms with Crippen molar-refractivity contribution < 1.29 is 27.5 Å². The molecule has 5 fully saturated rings. The lowest BCUT2D eigenvalue weighted by atomic mass is 9.78. The molecule has 5 aliphatic rings. The van der Waals surface area contributed by atoms with E-state index in [1.54, 1.807) is 0 Å². The predicted octanol–water partition coefficient (Wildman–Crippen LogP) is 1.92. The van der Waals surface area contributed by atoms with Gasteiger partial charge in [-0.2, -0.15) is 13.2 Å². The summed E-state index contributed by atoms with van der Waals surface area (Å²) in [6.07, 6.45) is 0.0955. The molecular weight excluding hydrogens is 501 g/mol. The molecule has 4 unspecified atom stereocenters. The number of halogens is 4. The van der Waals surface area contributed by atoms with E-state index in [0.717, 1.165) is 42.2 Å². The van der Waals surface area contributed by atoms with Crippen LogP contribution in [0.5, 0.6) is 0 Å². The summed E-state index contributed by atoms with van der Waals surface area (Å²) in [6.45, 7) is 1.58. The molecule has 1 saturated carbocycles. The van der Waals surface area contributed by atoms with Crippen molar-refractivity contribution in [2.75, 3.05) is 33.8 Å². The first kappa shape index (κ1) is 26.3. The fourth-order valence-corrected chi connectivity index (χ4v) is 7.41. The highest BCUT2D eigenvalue weighted by molar-refractivity contribution is 6.20. The first-order valence-corrected chi connectivity index (χ1v) is 13.4. The summed E-state index contributed by atoms with van der Waals surface area (Å²) < 4.78 is 47.6. The molecule has 36 heavy (non-hydrogen) atoms. The van der Waals surface area contributed by atoms with Gasteiger partial charge in [-0.25, -0.2) is 15.2 Å². The number of rotatable bonds is 4. The lowest BCUT2D eigenvalue weighted by molar-refractivity contribution is -0.202. The minimum absolute atomic E-state index is 0.0835. The highest BCUT2D eigenvalue weighted by Crippen LogP contribution is 2.41. The van der Waals surface area contributed by atoms with Gasteiger partial charge in [0.15, 0.2) is 0 Å². The number of cyclic esters (lactones) is 1. The average Bonchev–Trinajstić information content (AvgIpc) is 3.39. The maximum absolute atomic E-state index is 14.3. The molecule has 9 nitrogen and oxygen atoms in total. The van der Waals surface area contributed by atoms with Gasteiger partial charge in [-0.3, -0.25) is 19.9 Å². The number of fused-ring (bicyclic) bond motifs is 3. The Balaban J connectivity index is 1.23. The summed E-state index contributed by atoms with van der Waals surface area (Å²) in [4.78, 5) is 28.9. The molecule has 0 aromatic heterocycles. The summed E-state index contributed by atoms with van der Waals surface area (Å²) in [5.74, 6) is -1.41. The summed E-state index contributed by atoms with van der Waals surface area (Å²) in [5.41, 5.74) is 3.30. The van der Waals surface area contributed by atoms with Gasteiger partial charge in [0.1, 0.15) is 18.7 Å². The molecule has 4 saturated heterocycles. The molecule has 1 aliphatic carbocycles. The summed E-state index contributed by atoms with van der Waals surface area (Å²) >= 11 is 6.34. The number of hydrazine groups is 1. The predicted molar refractivity (Wildman–Crippen MR) is 126 cm³/mol. The van der Waals surface area contributed by atoms with Gasteiger partial charge in [-0.1, -0.05) is 0 Å². The molecular formula is C23H36ClF3N6O3. The standard InChI is InChI=1S/C23H36ClF3N6O3/c1-30-17(12-36-22(30)35)21(34)31(2)20(23(25,26)27)13-5-7-14(8-6-13)32-9-3-4-15-16(32)11-28-19-10-18(24)29-33(15)19/h13-20,28-29H,3-12H2,1-2H3/t13?,14?,15?,16?,17-,18?,19?,20+/m1/s1. The van der Waals surface area contributed by atoms with Gasteiger partial charge >= 0.3 is 12.3 Å². The highest BCUT2D eigenvalue weighted by Gasteiger charge is 2.53. The Labute approximate surface area is 214 Å². The minimum atomic E-state index is -4.55. The SMILES string of the molecule is CN1C(=O)OC[C@@H]1C(=O)N(C)[C@@H](C1CCC(N2CCCC3C2CNC2CC(Cl)NN23)CC1)C(F)(F)F. The lowest BCUT2D eigenvalue weighted by Gasteiger charge is -2.53. The summed E-state index contributed by atoms with van der Waals surface area (Å²) in [5, 5.41) is 5.86. The molecule has 13 heteroatoms. The van der Waals surface area contributed by atoms with E-state index in [4.69, 9.17) is 16.3 Å². The maximum atomic E-state index is 14.3. The van der Waals surface area contributed by atoms with Crippen LogP contribution in [0.25, 0.3) is 0 Å². The van der Waals surface area contributed by atoms with Crippen LogP contribution in [0.1, 0.15) is 44.9 Å². The molecule has 4 heterocycles. The Morgan fingerprint density at radius 3 is 2.56 bits per heavy atom. The molecule has 2 N–H and O–H groups in total. The Kier molecular flexibility index (Phi) is 7.36. The van der Waals surface area contributed by atoms with Gasteiger partial charge in [0, 0.05) is 45.2 Å². The smallest absolute Gasteiger partial charge is 0.410 e. The molecule has 4 aliphatic heterocycles. The van der Waals surface area contributed by atoms with Crippen LogP contribution in [-0.4, -0.2) is 114 Å². The van der Waals surface area contributed by atoms with E-state index in [0.29, 0.717) is 37.8 Å². The van der Waals surface area contributed by atoms with E-state index in [1.165, 1.54) is 14.1 Å². The van der Waals surface area contributed by atoms with E-state index < -0.39 is 36.2 Å². The van der Waals surface area contributed by atoms with Gasteiger partial charge in [0.05, 0.1) is 11.7 Å². The number of likely N-dealkylation sites (tertiary alicyclic amines) is 1. The highest BCUT2D eigenvalue weighted by atomic mass is 35.5. The maximum Gasteiger partial charge on any atom is 0.410 e. The summed E-state index contributed by atoms with van der Waals surface area (Å²) in [6, 6.07) is -2.04. The van der Waals surface area contributed by atoms with Crippen molar-refractivity contribution in [3.8, 4) is 0 Å². The molecule has 2 amide bonds. The molecule has 5 rings (SSSR count). The van der Waals surface area contributed by atoms with E-state index in [9.17, 15) is 22.8 Å². The quantitative estimate of drug-likeness (QED) is 0.420. The Morgan fingerprint density at radius 1 is 1.19 bits per heavy atom. The normalized spacial score (nSPS) is 38.9. The number of likely N-dealkylation sites (N-methyl/N-ethyl adjacent to an activating group) is 2. The van der Waals surface area contributed by atoms with Gasteiger partial charge in [0.2, 0.25) is 5.91 Å². The zero-order valence-electron chi connectivity index (χ0n) is 20.7. The van der Waals surface area contributed by atoms with Crippen molar-refractivity contribution in [2.45, 2.75) is 93.0 Å². The van der Waals surface area contributed by atoms with Crippen molar-refractivity contribution in [1.82, 2.24) is 30.5 Å². The molecule has 0 bridgehead atoms. The second-order valence-electron chi connectivity index (χ2n) is 10.9.